The van der Waals surface area contributed by atoms with Crippen LogP contribution in [0.5, 0.6) is 0 Å². The van der Waals surface area contributed by atoms with E-state index in [1.54, 1.807) is 30.3 Å². The molecule has 1 saturated carbocycles. The number of amides is 2. The van der Waals surface area contributed by atoms with Gasteiger partial charge < -0.3 is 15.4 Å². The van der Waals surface area contributed by atoms with E-state index < -0.39 is 5.97 Å². The maximum absolute atomic E-state index is 12.3. The first-order valence-corrected chi connectivity index (χ1v) is 8.87. The molecule has 1 fully saturated rings. The lowest BCUT2D eigenvalue weighted by atomic mass is 10.2. The van der Waals surface area contributed by atoms with Crippen molar-refractivity contribution >= 4 is 35.1 Å². The van der Waals surface area contributed by atoms with Crippen molar-refractivity contribution in [3.63, 3.8) is 0 Å². The van der Waals surface area contributed by atoms with Crippen molar-refractivity contribution in [1.82, 2.24) is 5.32 Å². The molecule has 0 saturated heterocycles. The second kappa shape index (κ2) is 8.22. The summed E-state index contributed by atoms with van der Waals surface area (Å²) in [5.41, 5.74) is 1.67. The largest absolute Gasteiger partial charge is 0.465 e. The molecule has 6 nitrogen and oxygen atoms in total. The Morgan fingerprint density at radius 3 is 2.56 bits per heavy atom. The van der Waals surface area contributed by atoms with Gasteiger partial charge in [-0.25, -0.2) is 4.79 Å². The molecule has 27 heavy (non-hydrogen) atoms. The normalized spacial score (nSPS) is 17.7. The van der Waals surface area contributed by atoms with E-state index in [1.807, 2.05) is 18.2 Å². The first kappa shape index (κ1) is 18.9. The number of benzene rings is 2. The highest BCUT2D eigenvalue weighted by atomic mass is 35.5. The average molecular weight is 387 g/mol. The minimum absolute atomic E-state index is 0.168. The van der Waals surface area contributed by atoms with Crippen LogP contribution in [-0.4, -0.2) is 24.9 Å². The van der Waals surface area contributed by atoms with Gasteiger partial charge in [0.1, 0.15) is 0 Å². The van der Waals surface area contributed by atoms with E-state index in [4.69, 9.17) is 11.6 Å². The molecule has 2 amide bonds. The summed E-state index contributed by atoms with van der Waals surface area (Å²) in [6.45, 7) is 0.324. The zero-order valence-corrected chi connectivity index (χ0v) is 15.5. The van der Waals surface area contributed by atoms with Gasteiger partial charge in [0.2, 0.25) is 11.8 Å². The van der Waals surface area contributed by atoms with Crippen LogP contribution < -0.4 is 10.6 Å². The number of nitrogens with one attached hydrogen (secondary N) is 2. The molecule has 0 aliphatic heterocycles. The molecule has 0 bridgehead atoms. The quantitative estimate of drug-likeness (QED) is 0.747. The minimum atomic E-state index is -0.477. The maximum atomic E-state index is 12.3. The van der Waals surface area contributed by atoms with E-state index in [9.17, 15) is 14.4 Å². The van der Waals surface area contributed by atoms with E-state index in [1.165, 1.54) is 7.11 Å². The molecule has 2 atom stereocenters. The second-order valence-corrected chi connectivity index (χ2v) is 6.73. The Hall–Kier alpha value is -2.86. The summed E-state index contributed by atoms with van der Waals surface area (Å²) in [5.74, 6) is -1.61. The first-order chi connectivity index (χ1) is 13.0. The Morgan fingerprint density at radius 1 is 1.07 bits per heavy atom. The molecule has 2 unspecified atom stereocenters. The van der Waals surface area contributed by atoms with Crippen LogP contribution in [-0.2, 0) is 20.9 Å². The molecule has 0 heterocycles. The van der Waals surface area contributed by atoms with Crippen molar-refractivity contribution in [2.45, 2.75) is 13.0 Å². The van der Waals surface area contributed by atoms with Gasteiger partial charge in [-0.1, -0.05) is 35.9 Å². The molecule has 0 spiro atoms. The fraction of sp³-hybridized carbons (Fsp3) is 0.250. The Balaban J connectivity index is 1.52. The van der Waals surface area contributed by atoms with Crippen molar-refractivity contribution in [2.24, 2.45) is 11.8 Å². The van der Waals surface area contributed by atoms with Crippen LogP contribution in [0.4, 0.5) is 5.69 Å². The van der Waals surface area contributed by atoms with Gasteiger partial charge in [-0.15, -0.1) is 0 Å². The van der Waals surface area contributed by atoms with E-state index in [2.05, 4.69) is 15.4 Å². The van der Waals surface area contributed by atoms with Crippen molar-refractivity contribution in [2.75, 3.05) is 12.4 Å². The van der Waals surface area contributed by atoms with Crippen LogP contribution in [0.25, 0.3) is 0 Å². The molecule has 0 aromatic heterocycles. The lowest BCUT2D eigenvalue weighted by Gasteiger charge is -2.08. The molecular weight excluding hydrogens is 368 g/mol. The van der Waals surface area contributed by atoms with Crippen molar-refractivity contribution < 1.29 is 19.1 Å². The van der Waals surface area contributed by atoms with Crippen LogP contribution in [0.2, 0.25) is 5.02 Å². The lowest BCUT2D eigenvalue weighted by molar-refractivity contribution is -0.125. The Morgan fingerprint density at radius 2 is 1.81 bits per heavy atom. The monoisotopic (exact) mass is 386 g/mol. The van der Waals surface area contributed by atoms with Crippen LogP contribution in [0.15, 0.2) is 48.5 Å². The second-order valence-electron chi connectivity index (χ2n) is 6.32. The number of esters is 1. The smallest absolute Gasteiger partial charge is 0.337 e. The molecule has 1 aliphatic rings. The third-order valence-corrected chi connectivity index (χ3v) is 4.79. The predicted octanol–water partition coefficient (Wildman–Crippen LogP) is 3.02. The topological polar surface area (TPSA) is 84.5 Å². The third-order valence-electron chi connectivity index (χ3n) is 4.43. The number of ether oxygens (including phenoxy) is 1. The minimum Gasteiger partial charge on any atom is -0.465 e. The average Bonchev–Trinajstić information content (AvgIpc) is 3.48. The molecule has 7 heteroatoms. The zero-order valence-electron chi connectivity index (χ0n) is 14.7. The van der Waals surface area contributed by atoms with Gasteiger partial charge in [0.15, 0.2) is 0 Å². The van der Waals surface area contributed by atoms with Gasteiger partial charge in [-0.05, 0) is 36.2 Å². The number of halogens is 1. The summed E-state index contributed by atoms with van der Waals surface area (Å²) >= 11 is 6.07. The highest BCUT2D eigenvalue weighted by Crippen LogP contribution is 2.39. The summed E-state index contributed by atoms with van der Waals surface area (Å²) in [7, 11) is 1.30. The van der Waals surface area contributed by atoms with Crippen LogP contribution in [0, 0.1) is 11.8 Å². The molecular formula is C20H19ClN2O4. The number of carbonyl (C=O) groups is 3. The first-order valence-electron chi connectivity index (χ1n) is 8.50. The number of methoxy groups -OCH3 is 1. The van der Waals surface area contributed by atoms with E-state index in [0.29, 0.717) is 29.2 Å². The van der Waals surface area contributed by atoms with Crippen LogP contribution in [0.1, 0.15) is 22.3 Å². The van der Waals surface area contributed by atoms with Crippen molar-refractivity contribution in [3.8, 4) is 0 Å². The highest BCUT2D eigenvalue weighted by molar-refractivity contribution is 6.31. The molecule has 2 aromatic carbocycles. The maximum Gasteiger partial charge on any atom is 0.337 e. The van der Waals surface area contributed by atoms with Gasteiger partial charge in [0.05, 0.1) is 24.5 Å². The fourth-order valence-corrected chi connectivity index (χ4v) is 3.01. The Kier molecular flexibility index (Phi) is 5.76. The third kappa shape index (κ3) is 4.65. The zero-order chi connectivity index (χ0) is 19.4. The Labute approximate surface area is 161 Å². The van der Waals surface area contributed by atoms with Crippen LogP contribution in [0.3, 0.4) is 0 Å². The van der Waals surface area contributed by atoms with Crippen LogP contribution >= 0.6 is 11.6 Å². The fourth-order valence-electron chi connectivity index (χ4n) is 2.81. The summed E-state index contributed by atoms with van der Waals surface area (Å²) in [6, 6.07) is 13.8. The lowest BCUT2D eigenvalue weighted by Crippen LogP contribution is -2.27. The standard InChI is InChI=1S/C20H19ClN2O4/c1-27-20(26)12-6-4-7-14(9-12)23-19(25)16-10-15(16)18(24)22-11-13-5-2-3-8-17(13)21/h2-9,15-16H,10-11H2,1H3,(H,22,24)(H,23,25). The van der Waals surface area contributed by atoms with E-state index >= 15 is 0 Å². The summed E-state index contributed by atoms with van der Waals surface area (Å²) < 4.78 is 4.66. The number of hydrogen-bond donors (Lipinski definition) is 2. The number of anilines is 1. The SMILES string of the molecule is COC(=O)c1cccc(NC(=O)C2CC2C(=O)NCc2ccccc2Cl)c1. The van der Waals surface area contributed by atoms with Gasteiger partial charge in [-0.3, -0.25) is 9.59 Å². The predicted molar refractivity (Wildman–Crippen MR) is 101 cm³/mol. The molecule has 2 N–H and O–H groups in total. The number of hydrogen-bond acceptors (Lipinski definition) is 4. The van der Waals surface area contributed by atoms with Gasteiger partial charge >= 0.3 is 5.97 Å². The molecule has 3 rings (SSSR count). The summed E-state index contributed by atoms with van der Waals surface area (Å²) in [4.78, 5) is 36.1. The number of rotatable bonds is 6. The molecule has 1 aliphatic carbocycles. The Bertz CT molecular complexity index is 884. The summed E-state index contributed by atoms with van der Waals surface area (Å²) in [5, 5.41) is 6.15. The number of carbonyl (C=O) groups excluding carboxylic acids is 3. The molecule has 140 valence electrons. The van der Waals surface area contributed by atoms with Crippen molar-refractivity contribution in [3.05, 3.63) is 64.7 Å². The van der Waals surface area contributed by atoms with E-state index in [-0.39, 0.29) is 23.7 Å². The van der Waals surface area contributed by atoms with Crippen molar-refractivity contribution in [1.29, 1.82) is 0 Å². The molecule has 2 aromatic rings. The molecule has 0 radical (unpaired) electrons. The highest BCUT2D eigenvalue weighted by Gasteiger charge is 2.47. The van der Waals surface area contributed by atoms with Gasteiger partial charge in [-0.2, -0.15) is 0 Å². The van der Waals surface area contributed by atoms with E-state index in [0.717, 1.165) is 5.56 Å². The van der Waals surface area contributed by atoms with Gasteiger partial charge in [0.25, 0.3) is 0 Å². The summed E-state index contributed by atoms with van der Waals surface area (Å²) in [6.07, 6.45) is 0.497. The van der Waals surface area contributed by atoms with Gasteiger partial charge in [0, 0.05) is 17.3 Å².